The van der Waals surface area contributed by atoms with Crippen molar-refractivity contribution in [3.05, 3.63) is 60.0 Å². The molecule has 1 aromatic heterocycles. The third-order valence-electron chi connectivity index (χ3n) is 4.06. The summed E-state index contributed by atoms with van der Waals surface area (Å²) in [6.45, 7) is 1.77. The summed E-state index contributed by atoms with van der Waals surface area (Å²) in [4.78, 5) is 32.9. The van der Waals surface area contributed by atoms with Gasteiger partial charge in [-0.25, -0.2) is 9.97 Å². The van der Waals surface area contributed by atoms with Crippen LogP contribution in [0.3, 0.4) is 0 Å². The van der Waals surface area contributed by atoms with Crippen LogP contribution in [0.5, 0.6) is 5.75 Å². The van der Waals surface area contributed by atoms with Crippen LogP contribution < -0.4 is 10.1 Å². The fourth-order valence-electron chi connectivity index (χ4n) is 2.66. The van der Waals surface area contributed by atoms with Crippen LogP contribution in [0.25, 0.3) is 10.9 Å². The monoisotopic (exact) mass is 349 g/mol. The maximum atomic E-state index is 12.5. The van der Waals surface area contributed by atoms with Crippen molar-refractivity contribution in [1.82, 2.24) is 9.97 Å². The van der Waals surface area contributed by atoms with Gasteiger partial charge in [0.05, 0.1) is 30.4 Å². The number of ketones is 1. The minimum atomic E-state index is -0.124. The number of amides is 1. The van der Waals surface area contributed by atoms with E-state index in [0.717, 1.165) is 0 Å². The molecule has 0 unspecified atom stereocenters. The third-order valence-corrected chi connectivity index (χ3v) is 4.06. The van der Waals surface area contributed by atoms with Crippen LogP contribution in [0, 0.1) is 0 Å². The molecule has 3 aromatic rings. The molecule has 6 nitrogen and oxygen atoms in total. The minimum Gasteiger partial charge on any atom is -0.494 e. The number of methoxy groups -OCH3 is 1. The molecule has 132 valence electrons. The Balaban J connectivity index is 2.01. The van der Waals surface area contributed by atoms with E-state index in [4.69, 9.17) is 4.74 Å². The first-order valence-corrected chi connectivity index (χ1v) is 8.32. The van der Waals surface area contributed by atoms with Crippen LogP contribution in [0.1, 0.15) is 29.4 Å². The number of ether oxygens (including phenoxy) is 1. The number of hydrogen-bond acceptors (Lipinski definition) is 5. The second-order valence-corrected chi connectivity index (χ2v) is 5.76. The van der Waals surface area contributed by atoms with Crippen molar-refractivity contribution in [1.29, 1.82) is 0 Å². The normalized spacial score (nSPS) is 10.5. The van der Waals surface area contributed by atoms with Gasteiger partial charge in [-0.3, -0.25) is 9.59 Å². The number of nitrogens with zero attached hydrogens (tertiary/aromatic N) is 2. The predicted octanol–water partition coefficient (Wildman–Crippen LogP) is 3.41. The summed E-state index contributed by atoms with van der Waals surface area (Å²) in [6.07, 6.45) is 1.93. The van der Waals surface area contributed by atoms with Crippen LogP contribution in [0.2, 0.25) is 0 Å². The molecule has 1 amide bonds. The Bertz CT molecular complexity index is 955. The van der Waals surface area contributed by atoms with Gasteiger partial charge in [0.25, 0.3) is 0 Å². The predicted molar refractivity (Wildman–Crippen MR) is 99.5 cm³/mol. The summed E-state index contributed by atoms with van der Waals surface area (Å²) in [6, 6.07) is 12.6. The van der Waals surface area contributed by atoms with Gasteiger partial charge in [0.2, 0.25) is 5.91 Å². The molecule has 0 aliphatic heterocycles. The molecule has 0 aliphatic carbocycles. The van der Waals surface area contributed by atoms with Gasteiger partial charge in [0, 0.05) is 23.4 Å². The summed E-state index contributed by atoms with van der Waals surface area (Å²) in [5.74, 6) is 0.361. The lowest BCUT2D eigenvalue weighted by atomic mass is 10.0. The Kier molecular flexibility index (Phi) is 5.22. The van der Waals surface area contributed by atoms with E-state index in [1.54, 1.807) is 31.2 Å². The smallest absolute Gasteiger partial charge is 0.224 e. The van der Waals surface area contributed by atoms with E-state index in [1.807, 2.05) is 18.2 Å². The zero-order valence-electron chi connectivity index (χ0n) is 14.7. The van der Waals surface area contributed by atoms with Crippen molar-refractivity contribution in [2.45, 2.75) is 19.8 Å². The van der Waals surface area contributed by atoms with Crippen LogP contribution in [-0.4, -0.2) is 28.8 Å². The van der Waals surface area contributed by atoms with Gasteiger partial charge in [-0.1, -0.05) is 37.3 Å². The Morgan fingerprint density at radius 2 is 1.88 bits per heavy atom. The standard InChI is InChI=1S/C20H19N3O3/c1-3-20(25)23-17-9-14-15(10-18(24)13-7-5-4-6-8-13)21-12-22-16(14)11-19(17)26-2/h4-9,11-12H,3,10H2,1-2H3,(H,23,25). The molecule has 0 atom stereocenters. The molecule has 26 heavy (non-hydrogen) atoms. The highest BCUT2D eigenvalue weighted by Gasteiger charge is 2.15. The average molecular weight is 349 g/mol. The number of fused-ring (bicyclic) bond motifs is 1. The third kappa shape index (κ3) is 3.69. The Morgan fingerprint density at radius 1 is 1.12 bits per heavy atom. The van der Waals surface area contributed by atoms with Gasteiger partial charge >= 0.3 is 0 Å². The topological polar surface area (TPSA) is 81.2 Å². The van der Waals surface area contributed by atoms with Crippen molar-refractivity contribution < 1.29 is 14.3 Å². The van der Waals surface area contributed by atoms with Crippen LogP contribution in [0.4, 0.5) is 5.69 Å². The highest BCUT2D eigenvalue weighted by molar-refractivity contribution is 6.01. The summed E-state index contributed by atoms with van der Waals surface area (Å²) in [7, 11) is 1.53. The first kappa shape index (κ1) is 17.5. The summed E-state index contributed by atoms with van der Waals surface area (Å²) in [5, 5.41) is 3.52. The molecule has 0 bridgehead atoms. The number of Topliss-reactive ketones (excluding diaryl/α,β-unsaturated/α-hetero) is 1. The molecule has 0 saturated heterocycles. The number of anilines is 1. The van der Waals surface area contributed by atoms with Gasteiger partial charge in [-0.15, -0.1) is 0 Å². The fourth-order valence-corrected chi connectivity index (χ4v) is 2.66. The SMILES string of the molecule is CCC(=O)Nc1cc2c(CC(=O)c3ccccc3)ncnc2cc1OC. The summed E-state index contributed by atoms with van der Waals surface area (Å²) < 4.78 is 5.35. The molecule has 3 rings (SSSR count). The van der Waals surface area contributed by atoms with Gasteiger partial charge < -0.3 is 10.1 Å². The molecule has 0 aliphatic rings. The number of hydrogen-bond donors (Lipinski definition) is 1. The van der Waals surface area contributed by atoms with Crippen molar-refractivity contribution in [2.24, 2.45) is 0 Å². The lowest BCUT2D eigenvalue weighted by molar-refractivity contribution is -0.115. The first-order chi connectivity index (χ1) is 12.6. The Morgan fingerprint density at radius 3 is 2.58 bits per heavy atom. The van der Waals surface area contributed by atoms with Gasteiger partial charge in [0.15, 0.2) is 5.78 Å². The van der Waals surface area contributed by atoms with E-state index < -0.39 is 0 Å². The summed E-state index contributed by atoms with van der Waals surface area (Å²) in [5.41, 5.74) is 2.43. The van der Waals surface area contributed by atoms with E-state index in [9.17, 15) is 9.59 Å². The number of carbonyl (C=O) groups excluding carboxylic acids is 2. The van der Waals surface area contributed by atoms with Crippen molar-refractivity contribution >= 4 is 28.3 Å². The second-order valence-electron chi connectivity index (χ2n) is 5.76. The Hall–Kier alpha value is -3.28. The van der Waals surface area contributed by atoms with E-state index >= 15 is 0 Å². The molecule has 6 heteroatoms. The second kappa shape index (κ2) is 7.74. The van der Waals surface area contributed by atoms with E-state index in [1.165, 1.54) is 13.4 Å². The largest absolute Gasteiger partial charge is 0.494 e. The quantitative estimate of drug-likeness (QED) is 0.690. The van der Waals surface area contributed by atoms with Gasteiger partial charge in [-0.05, 0) is 6.07 Å². The first-order valence-electron chi connectivity index (χ1n) is 8.32. The van der Waals surface area contributed by atoms with Gasteiger partial charge in [0.1, 0.15) is 12.1 Å². The summed E-state index contributed by atoms with van der Waals surface area (Å²) >= 11 is 0. The molecule has 0 saturated carbocycles. The molecule has 0 fully saturated rings. The Labute approximate surface area is 151 Å². The maximum absolute atomic E-state index is 12.5. The van der Waals surface area contributed by atoms with Crippen LogP contribution in [-0.2, 0) is 11.2 Å². The van der Waals surface area contributed by atoms with Crippen molar-refractivity contribution in [3.63, 3.8) is 0 Å². The molecular formula is C20H19N3O3. The van der Waals surface area contributed by atoms with Gasteiger partial charge in [-0.2, -0.15) is 0 Å². The zero-order valence-corrected chi connectivity index (χ0v) is 14.7. The molecule has 1 heterocycles. The zero-order chi connectivity index (χ0) is 18.5. The number of nitrogens with one attached hydrogen (secondary N) is 1. The molecule has 0 radical (unpaired) electrons. The lowest BCUT2D eigenvalue weighted by Gasteiger charge is -2.12. The highest BCUT2D eigenvalue weighted by atomic mass is 16.5. The number of aromatic nitrogens is 2. The lowest BCUT2D eigenvalue weighted by Crippen LogP contribution is -2.11. The van der Waals surface area contributed by atoms with Crippen molar-refractivity contribution in [3.8, 4) is 5.75 Å². The molecule has 2 aromatic carbocycles. The fraction of sp³-hybridized carbons (Fsp3) is 0.200. The number of rotatable bonds is 6. The molecule has 1 N–H and O–H groups in total. The van der Waals surface area contributed by atoms with Crippen LogP contribution >= 0.6 is 0 Å². The van der Waals surface area contributed by atoms with E-state index in [-0.39, 0.29) is 18.1 Å². The van der Waals surface area contributed by atoms with Crippen molar-refractivity contribution in [2.75, 3.05) is 12.4 Å². The average Bonchev–Trinajstić information content (AvgIpc) is 2.68. The van der Waals surface area contributed by atoms with E-state index in [2.05, 4.69) is 15.3 Å². The molecular weight excluding hydrogens is 330 g/mol. The minimum absolute atomic E-state index is 0.0273. The van der Waals surface area contributed by atoms with Crippen LogP contribution in [0.15, 0.2) is 48.8 Å². The number of benzene rings is 2. The maximum Gasteiger partial charge on any atom is 0.224 e. The number of carbonyl (C=O) groups is 2. The van der Waals surface area contributed by atoms with E-state index in [0.29, 0.717) is 40.0 Å². The highest BCUT2D eigenvalue weighted by Crippen LogP contribution is 2.31. The molecule has 0 spiro atoms.